The zero-order valence-electron chi connectivity index (χ0n) is 16.7. The molecule has 0 atom stereocenters. The first-order valence-corrected chi connectivity index (χ1v) is 9.53. The number of rotatable bonds is 9. The maximum Gasteiger partial charge on any atom is 0.301 e. The molecule has 3 aromatic carbocycles. The van der Waals surface area contributed by atoms with Gasteiger partial charge >= 0.3 is 5.69 Å². The minimum Gasteiger partial charge on any atom is -0.493 e. The van der Waals surface area contributed by atoms with Crippen molar-refractivity contribution >= 4 is 34.9 Å². The van der Waals surface area contributed by atoms with Crippen molar-refractivity contribution in [3.63, 3.8) is 0 Å². The summed E-state index contributed by atoms with van der Waals surface area (Å²) < 4.78 is 11.2. The molecule has 0 unspecified atom stereocenters. The van der Waals surface area contributed by atoms with E-state index < -0.39 is 15.5 Å². The summed E-state index contributed by atoms with van der Waals surface area (Å²) >= 11 is 6.14. The Morgan fingerprint density at radius 3 is 2.50 bits per heavy atom. The van der Waals surface area contributed by atoms with Crippen molar-refractivity contribution in [1.82, 2.24) is 0 Å². The average molecular weight is 457 g/mol. The molecule has 0 aliphatic rings. The Morgan fingerprint density at radius 1 is 1.03 bits per heavy atom. The fourth-order valence-corrected chi connectivity index (χ4v) is 2.90. The summed E-state index contributed by atoms with van der Waals surface area (Å²) in [5, 5.41) is 26.6. The molecule has 0 aliphatic heterocycles. The molecular formula is C21H17ClN4O6. The topological polar surface area (TPSA) is 129 Å². The smallest absolute Gasteiger partial charge is 0.301 e. The van der Waals surface area contributed by atoms with Crippen LogP contribution in [0.25, 0.3) is 0 Å². The highest BCUT2D eigenvalue weighted by Gasteiger charge is 2.19. The molecule has 0 fully saturated rings. The van der Waals surface area contributed by atoms with Crippen LogP contribution in [0.4, 0.5) is 17.1 Å². The summed E-state index contributed by atoms with van der Waals surface area (Å²) in [5.74, 6) is 0.964. The van der Waals surface area contributed by atoms with Crippen LogP contribution in [-0.4, -0.2) is 23.2 Å². The lowest BCUT2D eigenvalue weighted by molar-refractivity contribution is -0.393. The third kappa shape index (κ3) is 5.49. The van der Waals surface area contributed by atoms with Crippen molar-refractivity contribution in [3.05, 3.63) is 97.0 Å². The summed E-state index contributed by atoms with van der Waals surface area (Å²) in [6.45, 7) is 0.259. The van der Waals surface area contributed by atoms with E-state index in [0.29, 0.717) is 22.1 Å². The molecule has 0 heterocycles. The lowest BCUT2D eigenvalue weighted by Gasteiger charge is -2.12. The molecule has 0 spiro atoms. The van der Waals surface area contributed by atoms with E-state index in [1.807, 2.05) is 18.2 Å². The third-order valence-electron chi connectivity index (χ3n) is 4.32. The summed E-state index contributed by atoms with van der Waals surface area (Å²) in [7, 11) is 1.50. The minimum absolute atomic E-state index is 0.0171. The number of hydrogen-bond donors (Lipinski definition) is 1. The van der Waals surface area contributed by atoms with E-state index in [2.05, 4.69) is 10.5 Å². The van der Waals surface area contributed by atoms with Gasteiger partial charge in [-0.25, -0.2) is 0 Å². The van der Waals surface area contributed by atoms with Crippen molar-refractivity contribution in [2.45, 2.75) is 6.61 Å². The lowest BCUT2D eigenvalue weighted by atomic mass is 10.2. The van der Waals surface area contributed by atoms with Crippen LogP contribution in [0.1, 0.15) is 11.1 Å². The molecule has 32 heavy (non-hydrogen) atoms. The van der Waals surface area contributed by atoms with Gasteiger partial charge in [-0.3, -0.25) is 25.7 Å². The summed E-state index contributed by atoms with van der Waals surface area (Å²) in [5.41, 5.74) is 3.16. The van der Waals surface area contributed by atoms with Gasteiger partial charge in [-0.2, -0.15) is 5.10 Å². The molecule has 1 N–H and O–H groups in total. The van der Waals surface area contributed by atoms with Gasteiger partial charge in [0.15, 0.2) is 11.5 Å². The van der Waals surface area contributed by atoms with Crippen LogP contribution in [0, 0.1) is 20.2 Å². The minimum atomic E-state index is -0.723. The highest BCUT2D eigenvalue weighted by molar-refractivity contribution is 6.31. The van der Waals surface area contributed by atoms with Crippen LogP contribution in [0.5, 0.6) is 11.5 Å². The second-order valence-electron chi connectivity index (χ2n) is 6.38. The second-order valence-corrected chi connectivity index (χ2v) is 6.78. The Kier molecular flexibility index (Phi) is 7.19. The Morgan fingerprint density at radius 2 is 1.81 bits per heavy atom. The molecule has 164 valence electrons. The lowest BCUT2D eigenvalue weighted by Crippen LogP contribution is -2.00. The first-order chi connectivity index (χ1) is 15.4. The predicted octanol–water partition coefficient (Wildman–Crippen LogP) is 5.19. The standard InChI is InChI=1S/C21H17ClN4O6/c1-31-21-10-14(6-9-20(21)32-13-15-4-2-3-5-17(15)22)12-23-24-18-8-7-16(25(27)28)11-19(18)26(29)30/h2-12,24H,13H2,1H3/b23-12+. The number of methoxy groups -OCH3 is 1. The molecule has 0 aliphatic carbocycles. The van der Waals surface area contributed by atoms with Gasteiger partial charge in [0.05, 0.1) is 29.2 Å². The van der Waals surface area contributed by atoms with Crippen LogP contribution < -0.4 is 14.9 Å². The van der Waals surface area contributed by atoms with E-state index in [-0.39, 0.29) is 18.0 Å². The number of nitro groups is 2. The van der Waals surface area contributed by atoms with E-state index in [1.54, 1.807) is 24.3 Å². The Balaban J connectivity index is 1.72. The van der Waals surface area contributed by atoms with Gasteiger partial charge in [-0.1, -0.05) is 29.8 Å². The zero-order chi connectivity index (χ0) is 23.1. The van der Waals surface area contributed by atoms with Crippen molar-refractivity contribution in [1.29, 1.82) is 0 Å². The van der Waals surface area contributed by atoms with E-state index in [4.69, 9.17) is 21.1 Å². The number of hydrogen-bond acceptors (Lipinski definition) is 8. The van der Waals surface area contributed by atoms with Crippen LogP contribution in [0.15, 0.2) is 65.8 Å². The highest BCUT2D eigenvalue weighted by atomic mass is 35.5. The summed E-state index contributed by atoms with van der Waals surface area (Å²) in [4.78, 5) is 20.6. The van der Waals surface area contributed by atoms with Gasteiger partial charge in [-0.05, 0) is 35.9 Å². The van der Waals surface area contributed by atoms with E-state index in [1.165, 1.54) is 19.4 Å². The quantitative estimate of drug-likeness (QED) is 0.266. The third-order valence-corrected chi connectivity index (χ3v) is 4.68. The van der Waals surface area contributed by atoms with Crippen molar-refractivity contribution in [3.8, 4) is 11.5 Å². The number of non-ortho nitro benzene ring substituents is 1. The van der Waals surface area contributed by atoms with E-state index >= 15 is 0 Å². The van der Waals surface area contributed by atoms with Gasteiger partial charge in [0.2, 0.25) is 0 Å². The van der Waals surface area contributed by atoms with E-state index in [0.717, 1.165) is 17.7 Å². The van der Waals surface area contributed by atoms with Crippen molar-refractivity contribution in [2.75, 3.05) is 12.5 Å². The zero-order valence-corrected chi connectivity index (χ0v) is 17.5. The first-order valence-electron chi connectivity index (χ1n) is 9.15. The Labute approximate surface area is 187 Å². The molecular weight excluding hydrogens is 440 g/mol. The van der Waals surface area contributed by atoms with Gasteiger partial charge in [0.1, 0.15) is 12.3 Å². The molecule has 3 rings (SSSR count). The molecule has 10 nitrogen and oxygen atoms in total. The molecule has 0 amide bonds. The number of halogens is 1. The molecule has 0 bridgehead atoms. The maximum absolute atomic E-state index is 11.2. The van der Waals surface area contributed by atoms with Crippen LogP contribution in [0.3, 0.4) is 0 Å². The SMILES string of the molecule is COc1cc(/C=N/Nc2ccc([N+](=O)[O-])cc2[N+](=O)[O-])ccc1OCc1ccccc1Cl. The molecule has 11 heteroatoms. The number of benzene rings is 3. The molecule has 0 saturated heterocycles. The highest BCUT2D eigenvalue weighted by Crippen LogP contribution is 2.30. The Bertz CT molecular complexity index is 1180. The van der Waals surface area contributed by atoms with Gasteiger partial charge < -0.3 is 9.47 Å². The van der Waals surface area contributed by atoms with Gasteiger partial charge in [0, 0.05) is 16.7 Å². The van der Waals surface area contributed by atoms with Gasteiger partial charge in [-0.15, -0.1) is 0 Å². The summed E-state index contributed by atoms with van der Waals surface area (Å²) in [6, 6.07) is 15.7. The molecule has 0 saturated carbocycles. The monoisotopic (exact) mass is 456 g/mol. The van der Waals surface area contributed by atoms with Crippen LogP contribution >= 0.6 is 11.6 Å². The summed E-state index contributed by atoms with van der Waals surface area (Å²) in [6.07, 6.45) is 1.42. The number of hydrazone groups is 1. The fourth-order valence-electron chi connectivity index (χ4n) is 2.71. The normalized spacial score (nSPS) is 10.7. The first kappa shape index (κ1) is 22.5. The largest absolute Gasteiger partial charge is 0.493 e. The predicted molar refractivity (Wildman–Crippen MR) is 120 cm³/mol. The average Bonchev–Trinajstić information content (AvgIpc) is 2.78. The van der Waals surface area contributed by atoms with Crippen LogP contribution in [0.2, 0.25) is 5.02 Å². The number of nitrogens with zero attached hydrogens (tertiary/aromatic N) is 3. The Hall–Kier alpha value is -4.18. The molecule has 0 radical (unpaired) electrons. The number of nitrogens with one attached hydrogen (secondary N) is 1. The number of ether oxygens (including phenoxy) is 2. The van der Waals surface area contributed by atoms with Crippen molar-refractivity contribution < 1.29 is 19.3 Å². The second kappa shape index (κ2) is 10.2. The number of anilines is 1. The molecule has 3 aromatic rings. The van der Waals surface area contributed by atoms with Crippen LogP contribution in [-0.2, 0) is 6.61 Å². The maximum atomic E-state index is 11.2. The van der Waals surface area contributed by atoms with E-state index in [9.17, 15) is 20.2 Å². The fraction of sp³-hybridized carbons (Fsp3) is 0.0952. The number of nitro benzene ring substituents is 2. The molecule has 0 aromatic heterocycles. The van der Waals surface area contributed by atoms with Crippen molar-refractivity contribution in [2.24, 2.45) is 5.10 Å². The van der Waals surface area contributed by atoms with Gasteiger partial charge in [0.25, 0.3) is 5.69 Å².